The van der Waals surface area contributed by atoms with E-state index in [9.17, 15) is 4.79 Å². The van der Waals surface area contributed by atoms with Gasteiger partial charge in [0, 0.05) is 24.1 Å². The molecule has 0 saturated carbocycles. The highest BCUT2D eigenvalue weighted by atomic mass is 16.1. The molecule has 0 aliphatic rings. The van der Waals surface area contributed by atoms with Crippen LogP contribution in [-0.4, -0.2) is 5.78 Å². The molecule has 0 heterocycles. The first-order valence-electron chi connectivity index (χ1n) is 4.48. The van der Waals surface area contributed by atoms with Crippen molar-refractivity contribution in [2.45, 2.75) is 19.8 Å². The van der Waals surface area contributed by atoms with Crippen LogP contribution in [0.5, 0.6) is 0 Å². The molecule has 0 aliphatic heterocycles. The van der Waals surface area contributed by atoms with Crippen LogP contribution in [0.3, 0.4) is 0 Å². The molecule has 2 N–H and O–H groups in total. The van der Waals surface area contributed by atoms with Gasteiger partial charge in [-0.05, 0) is 30.7 Å². The van der Waals surface area contributed by atoms with Crippen LogP contribution >= 0.6 is 0 Å². The van der Waals surface area contributed by atoms with Crippen LogP contribution in [0.15, 0.2) is 18.2 Å². The van der Waals surface area contributed by atoms with Crippen molar-refractivity contribution in [2.75, 3.05) is 5.73 Å². The molecular weight excluding hydrogens is 174 g/mol. The highest BCUT2D eigenvalue weighted by molar-refractivity contribution is 5.96. The lowest BCUT2D eigenvalue weighted by Gasteiger charge is -2.03. The molecule has 2 heteroatoms. The number of hydrogen-bond acceptors (Lipinski definition) is 2. The van der Waals surface area contributed by atoms with Crippen molar-refractivity contribution in [1.82, 2.24) is 0 Å². The summed E-state index contributed by atoms with van der Waals surface area (Å²) in [7, 11) is 0. The zero-order chi connectivity index (χ0) is 10.6. The van der Waals surface area contributed by atoms with Crippen molar-refractivity contribution in [3.63, 3.8) is 0 Å². The molecule has 0 radical (unpaired) electrons. The fourth-order valence-electron chi connectivity index (χ4n) is 1.18. The lowest BCUT2D eigenvalue weighted by Crippen LogP contribution is -2.00. The first-order valence-corrected chi connectivity index (χ1v) is 4.48. The Bertz CT molecular complexity index is 388. The van der Waals surface area contributed by atoms with Gasteiger partial charge in [0.05, 0.1) is 0 Å². The number of hydrogen-bond donors (Lipinski definition) is 1. The lowest BCUT2D eigenvalue weighted by molar-refractivity contribution is 0.0984. The molecule has 0 unspecified atom stereocenters. The average molecular weight is 187 g/mol. The normalized spacial score (nSPS) is 9.43. The molecular formula is C12H13NO. The third-order valence-electron chi connectivity index (χ3n) is 2.09. The number of nitrogens with two attached hydrogens (primary N) is 1. The third kappa shape index (κ3) is 2.37. The topological polar surface area (TPSA) is 43.1 Å². The van der Waals surface area contributed by atoms with Crippen molar-refractivity contribution in [3.05, 3.63) is 29.3 Å². The average Bonchev–Trinajstić information content (AvgIpc) is 2.18. The first-order chi connectivity index (χ1) is 6.65. The molecule has 0 fully saturated rings. The Morgan fingerprint density at radius 2 is 2.29 bits per heavy atom. The Morgan fingerprint density at radius 1 is 1.57 bits per heavy atom. The van der Waals surface area contributed by atoms with E-state index in [1.165, 1.54) is 0 Å². The Labute approximate surface area is 84.1 Å². The Hall–Kier alpha value is -1.75. The van der Waals surface area contributed by atoms with E-state index in [1.807, 2.05) is 6.92 Å². The number of terminal acetylenes is 1. The molecule has 0 spiro atoms. The number of nitrogen functional groups attached to an aromatic ring is 1. The molecule has 0 aromatic heterocycles. The summed E-state index contributed by atoms with van der Waals surface area (Å²) < 4.78 is 0. The summed E-state index contributed by atoms with van der Waals surface area (Å²) >= 11 is 0. The second kappa shape index (κ2) is 4.48. The molecule has 0 aliphatic carbocycles. The number of carbonyl (C=O) groups is 1. The van der Waals surface area contributed by atoms with Gasteiger partial charge in [-0.15, -0.1) is 12.3 Å². The molecule has 72 valence electrons. The molecule has 0 atom stereocenters. The Kier molecular flexibility index (Phi) is 3.30. The number of Topliss-reactive ketones (excluding diaryl/α,β-unsaturated/α-hetero) is 1. The van der Waals surface area contributed by atoms with Crippen molar-refractivity contribution in [2.24, 2.45) is 0 Å². The maximum Gasteiger partial charge on any atom is 0.163 e. The quantitative estimate of drug-likeness (QED) is 0.447. The molecule has 1 aromatic rings. The zero-order valence-electron chi connectivity index (χ0n) is 8.21. The molecule has 0 saturated heterocycles. The lowest BCUT2D eigenvalue weighted by atomic mass is 10.0. The largest absolute Gasteiger partial charge is 0.399 e. The molecule has 0 bridgehead atoms. The Morgan fingerprint density at radius 3 is 2.86 bits per heavy atom. The van der Waals surface area contributed by atoms with Crippen molar-refractivity contribution >= 4 is 11.5 Å². The molecule has 1 rings (SSSR count). The van der Waals surface area contributed by atoms with Crippen molar-refractivity contribution in [3.8, 4) is 12.3 Å². The van der Waals surface area contributed by atoms with Crippen LogP contribution in [0.25, 0.3) is 0 Å². The number of benzene rings is 1. The maximum absolute atomic E-state index is 11.5. The Balaban J connectivity index is 2.82. The number of carbonyl (C=O) groups excluding carboxylic acids is 1. The maximum atomic E-state index is 11.5. The van der Waals surface area contributed by atoms with E-state index in [0.717, 1.165) is 5.56 Å². The first kappa shape index (κ1) is 10.3. The number of rotatable bonds is 3. The summed E-state index contributed by atoms with van der Waals surface area (Å²) in [6.45, 7) is 1.88. The fourth-order valence-corrected chi connectivity index (χ4v) is 1.18. The van der Waals surface area contributed by atoms with Crippen LogP contribution in [0, 0.1) is 19.3 Å². The van der Waals surface area contributed by atoms with Gasteiger partial charge in [-0.2, -0.15) is 0 Å². The highest BCUT2D eigenvalue weighted by Crippen LogP contribution is 2.14. The molecule has 1 aromatic carbocycles. The van der Waals surface area contributed by atoms with Crippen LogP contribution in [0.2, 0.25) is 0 Å². The predicted molar refractivity (Wildman–Crippen MR) is 58.0 cm³/mol. The van der Waals surface area contributed by atoms with Gasteiger partial charge in [-0.3, -0.25) is 4.79 Å². The van der Waals surface area contributed by atoms with Gasteiger partial charge in [0.1, 0.15) is 0 Å². The number of anilines is 1. The predicted octanol–water partition coefficient (Wildman–Crippen LogP) is 2.17. The standard InChI is InChI=1S/C12H13NO/c1-3-4-5-12(14)10-6-7-11(13)9(2)8-10/h1,6-8H,4-5,13H2,2H3. The van der Waals surface area contributed by atoms with Crippen molar-refractivity contribution < 1.29 is 4.79 Å². The van der Waals surface area contributed by atoms with E-state index in [1.54, 1.807) is 18.2 Å². The third-order valence-corrected chi connectivity index (χ3v) is 2.09. The highest BCUT2D eigenvalue weighted by Gasteiger charge is 2.05. The molecule has 2 nitrogen and oxygen atoms in total. The minimum atomic E-state index is 0.0750. The van der Waals surface area contributed by atoms with E-state index < -0.39 is 0 Å². The second-order valence-corrected chi connectivity index (χ2v) is 3.20. The van der Waals surface area contributed by atoms with Gasteiger partial charge in [-0.25, -0.2) is 0 Å². The minimum Gasteiger partial charge on any atom is -0.399 e. The minimum absolute atomic E-state index is 0.0750. The van der Waals surface area contributed by atoms with E-state index >= 15 is 0 Å². The SMILES string of the molecule is C#CCCC(=O)c1ccc(N)c(C)c1. The van der Waals surface area contributed by atoms with E-state index in [4.69, 9.17) is 12.2 Å². The summed E-state index contributed by atoms with van der Waals surface area (Å²) in [6.07, 6.45) is 5.98. The van der Waals surface area contributed by atoms with Crippen molar-refractivity contribution in [1.29, 1.82) is 0 Å². The zero-order valence-corrected chi connectivity index (χ0v) is 8.21. The van der Waals surface area contributed by atoms with E-state index in [-0.39, 0.29) is 5.78 Å². The van der Waals surface area contributed by atoms with Crippen LogP contribution < -0.4 is 5.73 Å². The van der Waals surface area contributed by atoms with Gasteiger partial charge in [0.15, 0.2) is 5.78 Å². The van der Waals surface area contributed by atoms with Crippen LogP contribution in [0.1, 0.15) is 28.8 Å². The summed E-state index contributed by atoms with van der Waals surface area (Å²) in [5, 5.41) is 0. The van der Waals surface area contributed by atoms with Gasteiger partial charge < -0.3 is 5.73 Å². The molecule has 14 heavy (non-hydrogen) atoms. The van der Waals surface area contributed by atoms with Gasteiger partial charge in [-0.1, -0.05) is 0 Å². The second-order valence-electron chi connectivity index (χ2n) is 3.20. The van der Waals surface area contributed by atoms with Crippen LogP contribution in [0.4, 0.5) is 5.69 Å². The van der Waals surface area contributed by atoms with Crippen LogP contribution in [-0.2, 0) is 0 Å². The summed E-state index contributed by atoms with van der Waals surface area (Å²) in [4.78, 5) is 11.5. The van der Waals surface area contributed by atoms with Gasteiger partial charge in [0.2, 0.25) is 0 Å². The fraction of sp³-hybridized carbons (Fsp3) is 0.250. The van der Waals surface area contributed by atoms with Gasteiger partial charge in [0.25, 0.3) is 0 Å². The van der Waals surface area contributed by atoms with Gasteiger partial charge >= 0.3 is 0 Å². The summed E-state index contributed by atoms with van der Waals surface area (Å²) in [5.41, 5.74) is 7.97. The summed E-state index contributed by atoms with van der Waals surface area (Å²) in [6, 6.07) is 5.29. The smallest absolute Gasteiger partial charge is 0.163 e. The monoisotopic (exact) mass is 187 g/mol. The van der Waals surface area contributed by atoms with E-state index in [2.05, 4.69) is 5.92 Å². The van der Waals surface area contributed by atoms with E-state index in [0.29, 0.717) is 24.1 Å². The summed E-state index contributed by atoms with van der Waals surface area (Å²) in [5.74, 6) is 2.52. The molecule has 0 amide bonds. The number of aryl methyl sites for hydroxylation is 1. The number of ketones is 1.